The van der Waals surface area contributed by atoms with E-state index >= 15 is 0 Å². The number of aliphatic carboxylic acids is 1. The summed E-state index contributed by atoms with van der Waals surface area (Å²) in [6, 6.07) is 3.39. The Morgan fingerprint density at radius 1 is 1.29 bits per heavy atom. The van der Waals surface area contributed by atoms with Crippen molar-refractivity contribution in [2.75, 3.05) is 20.3 Å². The summed E-state index contributed by atoms with van der Waals surface area (Å²) in [5, 5.41) is 9.52. The Balaban J connectivity index is 2.31. The maximum Gasteiger partial charge on any atom is 0.411 e. The highest BCUT2D eigenvalue weighted by molar-refractivity contribution is 7.89. The molecule has 1 amide bonds. The Bertz CT molecular complexity index is 846. The first kappa shape index (κ1) is 22.1. The van der Waals surface area contributed by atoms with Crippen LogP contribution in [0.1, 0.15) is 31.9 Å². The maximum absolute atomic E-state index is 12.5. The second-order valence-corrected chi connectivity index (χ2v) is 9.25. The quantitative estimate of drug-likeness (QED) is 0.674. The number of hydrogen-bond acceptors (Lipinski definition) is 6. The van der Waals surface area contributed by atoms with E-state index in [1.54, 1.807) is 26.8 Å². The molecule has 156 valence electrons. The van der Waals surface area contributed by atoms with Crippen LogP contribution in [0.25, 0.3) is 0 Å². The lowest BCUT2D eigenvalue weighted by Gasteiger charge is -2.35. The fraction of sp³-hybridized carbons (Fsp3) is 0.556. The first-order valence-electron chi connectivity index (χ1n) is 8.77. The van der Waals surface area contributed by atoms with Crippen LogP contribution in [0.4, 0.5) is 4.79 Å². The van der Waals surface area contributed by atoms with E-state index in [0.29, 0.717) is 11.1 Å². The van der Waals surface area contributed by atoms with Crippen molar-refractivity contribution in [2.24, 2.45) is 0 Å². The number of carbonyl (C=O) groups is 2. The largest absolute Gasteiger partial charge is 0.480 e. The van der Waals surface area contributed by atoms with Gasteiger partial charge in [0.2, 0.25) is 10.0 Å². The third-order valence-electron chi connectivity index (χ3n) is 4.13. The van der Waals surface area contributed by atoms with Gasteiger partial charge in [0, 0.05) is 20.1 Å². The minimum Gasteiger partial charge on any atom is -0.480 e. The van der Waals surface area contributed by atoms with Crippen LogP contribution in [-0.2, 0) is 37.3 Å². The highest BCUT2D eigenvalue weighted by Gasteiger charge is 2.37. The number of sulfonamides is 1. The number of carbonyl (C=O) groups excluding carboxylic acids is 1. The van der Waals surface area contributed by atoms with Gasteiger partial charge in [0.25, 0.3) is 0 Å². The molecule has 28 heavy (non-hydrogen) atoms. The molecule has 0 fully saturated rings. The molecule has 0 bridgehead atoms. The van der Waals surface area contributed by atoms with Gasteiger partial charge < -0.3 is 14.6 Å². The second-order valence-electron chi connectivity index (χ2n) is 7.49. The molecular weight excluding hydrogens is 388 g/mol. The van der Waals surface area contributed by atoms with Gasteiger partial charge in [-0.15, -0.1) is 0 Å². The molecule has 0 saturated heterocycles. The molecule has 1 atom stereocenters. The molecule has 0 unspecified atom stereocenters. The number of hydrogen-bond donors (Lipinski definition) is 2. The summed E-state index contributed by atoms with van der Waals surface area (Å²) >= 11 is 0. The number of methoxy groups -OCH3 is 1. The molecule has 9 nitrogen and oxygen atoms in total. The van der Waals surface area contributed by atoms with Gasteiger partial charge in [-0.1, -0.05) is 6.07 Å². The number of ether oxygens (including phenoxy) is 2. The normalized spacial score (nSPS) is 17.1. The predicted molar refractivity (Wildman–Crippen MR) is 100 cm³/mol. The zero-order valence-corrected chi connectivity index (χ0v) is 17.2. The number of rotatable bonds is 6. The van der Waals surface area contributed by atoms with Gasteiger partial charge in [-0.25, -0.2) is 22.7 Å². The van der Waals surface area contributed by atoms with E-state index in [2.05, 4.69) is 4.72 Å². The summed E-state index contributed by atoms with van der Waals surface area (Å²) in [6.45, 7) is 5.37. The van der Waals surface area contributed by atoms with Crippen molar-refractivity contribution >= 4 is 22.1 Å². The number of nitrogens with zero attached hydrogens (tertiary/aromatic N) is 1. The van der Waals surface area contributed by atoms with Crippen molar-refractivity contribution in [1.82, 2.24) is 9.62 Å². The Morgan fingerprint density at radius 3 is 2.54 bits per heavy atom. The number of nitrogens with one attached hydrogen (secondary N) is 1. The number of carboxylic acids is 1. The van der Waals surface area contributed by atoms with Crippen molar-refractivity contribution in [3.05, 3.63) is 29.3 Å². The van der Waals surface area contributed by atoms with Crippen LogP contribution in [0.2, 0.25) is 0 Å². The number of benzene rings is 1. The molecule has 0 radical (unpaired) electrons. The van der Waals surface area contributed by atoms with E-state index in [-0.39, 0.29) is 31.0 Å². The van der Waals surface area contributed by atoms with Gasteiger partial charge in [0.15, 0.2) is 0 Å². The lowest BCUT2D eigenvalue weighted by Crippen LogP contribution is -2.50. The molecule has 1 heterocycles. The summed E-state index contributed by atoms with van der Waals surface area (Å²) in [6.07, 6.45) is -0.682. The smallest absolute Gasteiger partial charge is 0.411 e. The van der Waals surface area contributed by atoms with Gasteiger partial charge in [-0.3, -0.25) is 4.90 Å². The van der Waals surface area contributed by atoms with Crippen LogP contribution in [0.5, 0.6) is 0 Å². The zero-order chi connectivity index (χ0) is 21.1. The molecule has 10 heteroatoms. The Hall–Kier alpha value is -2.17. The minimum absolute atomic E-state index is 0.0419. The zero-order valence-electron chi connectivity index (χ0n) is 16.4. The van der Waals surface area contributed by atoms with E-state index < -0.39 is 33.7 Å². The molecule has 0 aliphatic carbocycles. The van der Waals surface area contributed by atoms with E-state index in [4.69, 9.17) is 9.47 Å². The third kappa shape index (κ3) is 5.43. The van der Waals surface area contributed by atoms with Crippen LogP contribution < -0.4 is 4.72 Å². The van der Waals surface area contributed by atoms with Gasteiger partial charge in [-0.2, -0.15) is 0 Å². The molecule has 2 rings (SSSR count). The van der Waals surface area contributed by atoms with Crippen molar-refractivity contribution < 1.29 is 32.6 Å². The number of fused-ring (bicyclic) bond motifs is 1. The minimum atomic E-state index is -3.74. The second kappa shape index (κ2) is 8.46. The van der Waals surface area contributed by atoms with E-state index in [9.17, 15) is 23.1 Å². The average Bonchev–Trinajstić information content (AvgIpc) is 2.58. The lowest BCUT2D eigenvalue weighted by molar-refractivity contribution is -0.143. The average molecular weight is 414 g/mol. The molecular formula is C18H26N2O7S. The molecule has 0 aromatic heterocycles. The van der Waals surface area contributed by atoms with Gasteiger partial charge in [0.1, 0.15) is 11.6 Å². The standard InChI is InChI=1S/C18H26N2O7S/c1-18(2,3)27-17(23)20-11-13-9-14(28(24,25)19-7-8-26-4)6-5-12(13)10-15(20)16(21)22/h5-6,9,15,19H,7-8,10-11H2,1-4H3,(H,21,22)/t15-/m0/s1. The molecule has 1 aliphatic rings. The first-order chi connectivity index (χ1) is 12.9. The van der Waals surface area contributed by atoms with Crippen LogP contribution in [0.15, 0.2) is 23.1 Å². The summed E-state index contributed by atoms with van der Waals surface area (Å²) < 4.78 is 37.4. The fourth-order valence-electron chi connectivity index (χ4n) is 2.82. The highest BCUT2D eigenvalue weighted by atomic mass is 32.2. The SMILES string of the molecule is COCCNS(=O)(=O)c1ccc2c(c1)CN(C(=O)OC(C)(C)C)[C@H](C(=O)O)C2. The van der Waals surface area contributed by atoms with Gasteiger partial charge in [-0.05, 0) is 44.0 Å². The highest BCUT2D eigenvalue weighted by Crippen LogP contribution is 2.27. The molecule has 0 spiro atoms. The summed E-state index contributed by atoms with van der Waals surface area (Å²) in [7, 11) is -2.27. The number of amides is 1. The van der Waals surface area contributed by atoms with Crippen LogP contribution in [-0.4, -0.2) is 62.4 Å². The van der Waals surface area contributed by atoms with E-state index in [1.165, 1.54) is 19.2 Å². The molecule has 1 aromatic carbocycles. The molecule has 2 N–H and O–H groups in total. The van der Waals surface area contributed by atoms with Crippen molar-refractivity contribution in [3.8, 4) is 0 Å². The Kier molecular flexibility index (Phi) is 6.68. The summed E-state index contributed by atoms with van der Waals surface area (Å²) in [5.74, 6) is -1.14. The van der Waals surface area contributed by atoms with Crippen LogP contribution >= 0.6 is 0 Å². The van der Waals surface area contributed by atoms with Gasteiger partial charge >= 0.3 is 12.1 Å². The first-order valence-corrected chi connectivity index (χ1v) is 10.3. The Morgan fingerprint density at radius 2 is 1.96 bits per heavy atom. The maximum atomic E-state index is 12.5. The van der Waals surface area contributed by atoms with Crippen molar-refractivity contribution in [1.29, 1.82) is 0 Å². The fourth-order valence-corrected chi connectivity index (χ4v) is 3.89. The van der Waals surface area contributed by atoms with Crippen LogP contribution in [0.3, 0.4) is 0 Å². The van der Waals surface area contributed by atoms with E-state index in [1.807, 2.05) is 0 Å². The lowest BCUT2D eigenvalue weighted by atomic mass is 9.94. The number of carboxylic acid groups (broad SMARTS) is 1. The third-order valence-corrected chi connectivity index (χ3v) is 5.59. The van der Waals surface area contributed by atoms with Gasteiger partial charge in [0.05, 0.1) is 18.0 Å². The van der Waals surface area contributed by atoms with E-state index in [0.717, 1.165) is 4.90 Å². The van der Waals surface area contributed by atoms with Crippen LogP contribution in [0, 0.1) is 0 Å². The monoisotopic (exact) mass is 414 g/mol. The summed E-state index contributed by atoms with van der Waals surface area (Å²) in [4.78, 5) is 25.3. The topological polar surface area (TPSA) is 122 Å². The predicted octanol–water partition coefficient (Wildman–Crippen LogP) is 1.36. The molecule has 1 aliphatic heterocycles. The molecule has 0 saturated carbocycles. The van der Waals surface area contributed by atoms with Crippen molar-refractivity contribution in [3.63, 3.8) is 0 Å². The van der Waals surface area contributed by atoms with Crippen molar-refractivity contribution in [2.45, 2.75) is 50.3 Å². The Labute approximate surface area is 164 Å². The molecule has 1 aromatic rings. The summed E-state index contributed by atoms with van der Waals surface area (Å²) in [5.41, 5.74) is 0.470.